The fraction of sp³-hybridized carbons (Fsp3) is 0.800. The molecule has 0 aromatic carbocycles. The zero-order valence-electron chi connectivity index (χ0n) is 11.0. The van der Waals surface area contributed by atoms with Crippen molar-refractivity contribution in [2.75, 3.05) is 53.6 Å². The van der Waals surface area contributed by atoms with Crippen molar-refractivity contribution in [1.82, 2.24) is 4.90 Å². The summed E-state index contributed by atoms with van der Waals surface area (Å²) in [4.78, 5) is 12.2. The molecule has 0 aromatic heterocycles. The molecule has 1 radical (unpaired) electrons. The molecule has 0 fully saturated rings. The van der Waals surface area contributed by atoms with Crippen LogP contribution in [0.5, 0.6) is 0 Å². The van der Waals surface area contributed by atoms with Crippen LogP contribution in [0.3, 0.4) is 0 Å². The molecule has 95 valence electrons. The number of carbonyl (C=O) groups excluding carboxylic acids is 1. The molecule has 0 saturated carbocycles. The summed E-state index contributed by atoms with van der Waals surface area (Å²) < 4.78 is 10.5. The van der Waals surface area contributed by atoms with Gasteiger partial charge in [-0.25, -0.2) is 0 Å². The molecule has 0 bridgehead atoms. The Morgan fingerprint density at radius 2 is 1.76 bits per heavy atom. The van der Waals surface area contributed by atoms with Crippen molar-refractivity contribution in [3.8, 4) is 0 Å². The fourth-order valence-corrected chi connectivity index (χ4v) is 0.804. The number of hydrogen-bond acceptors (Lipinski definition) is 3. The van der Waals surface area contributed by atoms with Crippen molar-refractivity contribution in [3.05, 3.63) is 12.2 Å². The summed E-state index contributed by atoms with van der Waals surface area (Å²) in [5.41, 5.74) is 0. The van der Waals surface area contributed by atoms with Gasteiger partial charge in [0.2, 0.25) is 0 Å². The Kier molecular flexibility index (Phi) is 24.1. The molecule has 0 aliphatic heterocycles. The number of carbonyl (C=O) groups is 1. The Bertz CT molecular complexity index is 176. The maximum Gasteiger partial charge on any atom is 1.00 e. The predicted octanol–water partition coefficient (Wildman–Crippen LogP) is -2.68. The number of nitrogens with zero attached hydrogens (tertiary/aromatic N) is 2. The van der Waals surface area contributed by atoms with Crippen molar-refractivity contribution in [1.29, 1.82) is 0 Å². The summed E-state index contributed by atoms with van der Waals surface area (Å²) in [7, 11) is 3.45. The van der Waals surface area contributed by atoms with Gasteiger partial charge >= 0.3 is 51.4 Å². The average Bonchev–Trinajstić information content (AvgIpc) is 2.21. The smallest absolute Gasteiger partial charge is 0.663 e. The van der Waals surface area contributed by atoms with Crippen molar-refractivity contribution < 1.29 is 84.2 Å². The Morgan fingerprint density at radius 1 is 1.24 bits per heavy atom. The van der Waals surface area contributed by atoms with Crippen molar-refractivity contribution in [2.45, 2.75) is 0 Å². The summed E-state index contributed by atoms with van der Waals surface area (Å²) >= 11 is 0. The van der Waals surface area contributed by atoms with Crippen LogP contribution in [0.15, 0.2) is 0 Å². The minimum Gasteiger partial charge on any atom is -0.663 e. The van der Waals surface area contributed by atoms with Gasteiger partial charge in [0, 0.05) is 38.8 Å². The number of likely N-dealkylation sites (N-methyl/N-ethyl adjacent to an activating group) is 2. The molecule has 0 N–H and O–H groups in total. The monoisotopic (exact) mass is 306 g/mol. The van der Waals surface area contributed by atoms with Crippen LogP contribution in [0, 0.1) is 6.92 Å². The number of amides is 1. The number of ether oxygens (including phenoxy) is 2. The SMILES string of the molecule is [CH2-]C(=O)N(C)CCOCCOCC[N-]C.[K+].[V]. The second-order valence-electron chi connectivity index (χ2n) is 3.08. The van der Waals surface area contributed by atoms with Gasteiger partial charge < -0.3 is 31.4 Å². The van der Waals surface area contributed by atoms with E-state index in [9.17, 15) is 4.79 Å². The minimum atomic E-state index is -0.195. The number of hydrogen-bond donors (Lipinski definition) is 0. The molecule has 0 unspecified atom stereocenters. The molecule has 0 aromatic rings. The first-order chi connectivity index (χ1) is 7.18. The standard InChI is InChI=1S/C10H20N2O3.K.V/c1-10(13)12(3)5-7-15-9-8-14-6-4-11-2;;/h1,4-9H2,2-3H3;;/q-2;+1;. The van der Waals surface area contributed by atoms with Gasteiger partial charge in [0.1, 0.15) is 0 Å². The zero-order valence-corrected chi connectivity index (χ0v) is 15.5. The van der Waals surface area contributed by atoms with Gasteiger partial charge in [0.15, 0.2) is 0 Å². The van der Waals surface area contributed by atoms with Crippen molar-refractivity contribution in [3.63, 3.8) is 0 Å². The van der Waals surface area contributed by atoms with Crippen LogP contribution >= 0.6 is 0 Å². The topological polar surface area (TPSA) is 52.9 Å². The van der Waals surface area contributed by atoms with Crippen LogP contribution in [0.2, 0.25) is 0 Å². The molecule has 17 heavy (non-hydrogen) atoms. The average molecular weight is 306 g/mol. The van der Waals surface area contributed by atoms with Gasteiger partial charge in [-0.05, 0) is 0 Å². The molecule has 7 heteroatoms. The molecule has 0 atom stereocenters. The fourth-order valence-electron chi connectivity index (χ4n) is 0.804. The van der Waals surface area contributed by atoms with Crippen molar-refractivity contribution >= 4 is 5.91 Å². The molecular formula is C10H20KN2O3V-. The zero-order chi connectivity index (χ0) is 11.5. The molecule has 5 nitrogen and oxygen atoms in total. The Hall–Kier alpha value is 1.44. The van der Waals surface area contributed by atoms with E-state index < -0.39 is 0 Å². The van der Waals surface area contributed by atoms with Crippen LogP contribution in [0.4, 0.5) is 0 Å². The maximum atomic E-state index is 10.7. The van der Waals surface area contributed by atoms with Crippen LogP contribution in [-0.4, -0.2) is 64.4 Å². The van der Waals surface area contributed by atoms with E-state index in [0.717, 1.165) is 6.54 Å². The minimum absolute atomic E-state index is 0. The van der Waals surface area contributed by atoms with E-state index in [1.807, 2.05) is 0 Å². The normalized spacial score (nSPS) is 9.06. The molecule has 0 heterocycles. The molecule has 0 aliphatic rings. The number of rotatable bonds is 9. The van der Waals surface area contributed by atoms with Crippen LogP contribution in [0.1, 0.15) is 0 Å². The van der Waals surface area contributed by atoms with Gasteiger partial charge in [-0.2, -0.15) is 7.05 Å². The summed E-state index contributed by atoms with van der Waals surface area (Å²) in [6, 6.07) is 0. The van der Waals surface area contributed by atoms with Gasteiger partial charge in [-0.15, -0.1) is 6.54 Å². The van der Waals surface area contributed by atoms with E-state index >= 15 is 0 Å². The molecule has 0 rings (SSSR count). The largest absolute Gasteiger partial charge is 1.00 e. The van der Waals surface area contributed by atoms with Crippen molar-refractivity contribution in [2.24, 2.45) is 0 Å². The van der Waals surface area contributed by atoms with E-state index in [1.54, 1.807) is 14.1 Å². The Morgan fingerprint density at radius 3 is 2.24 bits per heavy atom. The maximum absolute atomic E-state index is 10.7. The molecule has 0 spiro atoms. The van der Waals surface area contributed by atoms with E-state index in [0.29, 0.717) is 33.0 Å². The summed E-state index contributed by atoms with van der Waals surface area (Å²) in [5, 5.41) is 3.90. The van der Waals surface area contributed by atoms with E-state index in [4.69, 9.17) is 9.47 Å². The molecule has 1 amide bonds. The van der Waals surface area contributed by atoms with Gasteiger partial charge in [-0.3, -0.25) is 0 Å². The van der Waals surface area contributed by atoms with Crippen LogP contribution < -0.4 is 51.4 Å². The summed E-state index contributed by atoms with van der Waals surface area (Å²) in [6.45, 7) is 6.83. The van der Waals surface area contributed by atoms with Gasteiger partial charge in [0.25, 0.3) is 0 Å². The Balaban J connectivity index is -0.000000980. The summed E-state index contributed by atoms with van der Waals surface area (Å²) in [6.07, 6.45) is 0. The molecular weight excluding hydrogens is 286 g/mol. The second-order valence-corrected chi connectivity index (χ2v) is 3.08. The summed E-state index contributed by atoms with van der Waals surface area (Å²) in [5.74, 6) is -0.195. The van der Waals surface area contributed by atoms with Crippen LogP contribution in [-0.2, 0) is 32.8 Å². The first kappa shape index (κ1) is 23.5. The van der Waals surface area contributed by atoms with E-state index in [-0.39, 0.29) is 75.8 Å². The van der Waals surface area contributed by atoms with Crippen LogP contribution in [0.25, 0.3) is 5.32 Å². The third-order valence-corrected chi connectivity index (χ3v) is 1.83. The van der Waals surface area contributed by atoms with Gasteiger partial charge in [-0.1, -0.05) is 0 Å². The second kappa shape index (κ2) is 17.4. The first-order valence-electron chi connectivity index (χ1n) is 4.96. The predicted molar refractivity (Wildman–Crippen MR) is 58.8 cm³/mol. The van der Waals surface area contributed by atoms with E-state index in [1.165, 1.54) is 4.90 Å². The molecule has 0 aliphatic carbocycles. The van der Waals surface area contributed by atoms with E-state index in [2.05, 4.69) is 12.2 Å². The van der Waals surface area contributed by atoms with Gasteiger partial charge in [0.05, 0.1) is 25.7 Å². The third kappa shape index (κ3) is 17.4. The first-order valence-corrected chi connectivity index (χ1v) is 4.96. The molecule has 0 saturated heterocycles. The Labute approximate surface area is 159 Å². The third-order valence-electron chi connectivity index (χ3n) is 1.83. The quantitative estimate of drug-likeness (QED) is 0.265.